The molecule has 0 spiro atoms. The van der Waals surface area contributed by atoms with Crippen LogP contribution in [0.5, 0.6) is 0 Å². The van der Waals surface area contributed by atoms with Gasteiger partial charge < -0.3 is 5.73 Å². The molecule has 100 valence electrons. The first-order valence-corrected chi connectivity index (χ1v) is 7.37. The fourth-order valence-corrected chi connectivity index (χ4v) is 3.17. The van der Waals surface area contributed by atoms with Crippen LogP contribution in [-0.2, 0) is 6.42 Å². The van der Waals surface area contributed by atoms with Crippen LogP contribution in [0.2, 0.25) is 0 Å². The molecule has 0 amide bonds. The topological polar surface area (TPSA) is 38.9 Å². The highest BCUT2D eigenvalue weighted by Gasteiger charge is 2.14. The molecule has 1 aromatic heterocycles. The second-order valence-corrected chi connectivity index (χ2v) is 6.17. The predicted octanol–water partition coefficient (Wildman–Crippen LogP) is 4.30. The zero-order valence-electron chi connectivity index (χ0n) is 10.3. The van der Waals surface area contributed by atoms with Gasteiger partial charge in [0, 0.05) is 15.1 Å². The van der Waals surface area contributed by atoms with Crippen molar-refractivity contribution in [3.8, 4) is 0 Å². The molecule has 0 saturated heterocycles. The highest BCUT2D eigenvalue weighted by atomic mass is 79.9. The van der Waals surface area contributed by atoms with Crippen LogP contribution in [0.1, 0.15) is 22.9 Å². The molecule has 2 nitrogen and oxygen atoms in total. The van der Waals surface area contributed by atoms with Gasteiger partial charge in [0.15, 0.2) is 0 Å². The molecule has 1 atom stereocenters. The van der Waals surface area contributed by atoms with E-state index < -0.39 is 0 Å². The first kappa shape index (κ1) is 14.6. The third kappa shape index (κ3) is 3.61. The van der Waals surface area contributed by atoms with Crippen molar-refractivity contribution in [1.82, 2.24) is 4.98 Å². The molecule has 2 rings (SSSR count). The minimum absolute atomic E-state index is 0.240. The van der Waals surface area contributed by atoms with Crippen LogP contribution in [0, 0.1) is 12.7 Å². The average molecular weight is 388 g/mol. The Morgan fingerprint density at radius 1 is 1.32 bits per heavy atom. The number of rotatable bonds is 3. The van der Waals surface area contributed by atoms with Gasteiger partial charge in [-0.1, -0.05) is 6.07 Å². The van der Waals surface area contributed by atoms with E-state index in [1.54, 1.807) is 12.3 Å². The lowest BCUT2D eigenvalue weighted by atomic mass is 9.99. The Bertz CT molecular complexity index is 602. The predicted molar refractivity (Wildman–Crippen MR) is 81.4 cm³/mol. The number of benzene rings is 1. The zero-order chi connectivity index (χ0) is 14.0. The van der Waals surface area contributed by atoms with Crippen LogP contribution in [0.4, 0.5) is 4.39 Å². The van der Waals surface area contributed by atoms with Gasteiger partial charge in [0.1, 0.15) is 5.82 Å². The number of hydrogen-bond acceptors (Lipinski definition) is 2. The van der Waals surface area contributed by atoms with Gasteiger partial charge in [0.2, 0.25) is 0 Å². The molecule has 0 fully saturated rings. The normalized spacial score (nSPS) is 12.5. The molecular formula is C14H13Br2FN2. The lowest BCUT2D eigenvalue weighted by Crippen LogP contribution is -2.16. The quantitative estimate of drug-likeness (QED) is 0.852. The van der Waals surface area contributed by atoms with Gasteiger partial charge in [0.25, 0.3) is 0 Å². The van der Waals surface area contributed by atoms with Crippen LogP contribution in [0.3, 0.4) is 0 Å². The van der Waals surface area contributed by atoms with Gasteiger partial charge in [0.05, 0.1) is 11.7 Å². The molecule has 0 aliphatic rings. The second kappa shape index (κ2) is 6.11. The number of pyridine rings is 1. The van der Waals surface area contributed by atoms with Crippen molar-refractivity contribution >= 4 is 31.9 Å². The molecular weight excluding hydrogens is 375 g/mol. The lowest BCUT2D eigenvalue weighted by molar-refractivity contribution is 0.619. The molecule has 0 radical (unpaired) electrons. The van der Waals surface area contributed by atoms with Gasteiger partial charge >= 0.3 is 0 Å². The molecule has 1 aromatic carbocycles. The largest absolute Gasteiger partial charge is 0.322 e. The molecule has 0 aliphatic carbocycles. The Kier molecular flexibility index (Phi) is 4.71. The number of halogens is 3. The maximum Gasteiger partial charge on any atom is 0.123 e. The Hall–Kier alpha value is -0.780. The molecule has 19 heavy (non-hydrogen) atoms. The summed E-state index contributed by atoms with van der Waals surface area (Å²) in [6.07, 6.45) is 2.26. The highest BCUT2D eigenvalue weighted by Crippen LogP contribution is 2.26. The van der Waals surface area contributed by atoms with Crippen LogP contribution in [-0.4, -0.2) is 4.98 Å². The molecule has 0 saturated carbocycles. The molecule has 1 unspecified atom stereocenters. The van der Waals surface area contributed by atoms with Crippen molar-refractivity contribution in [3.05, 3.63) is 62.0 Å². The molecule has 0 aliphatic heterocycles. The smallest absolute Gasteiger partial charge is 0.123 e. The van der Waals surface area contributed by atoms with Crippen molar-refractivity contribution in [2.24, 2.45) is 5.73 Å². The van der Waals surface area contributed by atoms with E-state index in [0.717, 1.165) is 25.8 Å². The fourth-order valence-electron chi connectivity index (χ4n) is 1.89. The number of aryl methyl sites for hydroxylation is 1. The van der Waals surface area contributed by atoms with Crippen LogP contribution in [0.15, 0.2) is 39.4 Å². The lowest BCUT2D eigenvalue weighted by Gasteiger charge is -2.14. The summed E-state index contributed by atoms with van der Waals surface area (Å²) in [7, 11) is 0. The first-order chi connectivity index (χ1) is 8.97. The van der Waals surface area contributed by atoms with Gasteiger partial charge in [-0.05, 0) is 74.5 Å². The van der Waals surface area contributed by atoms with Crippen LogP contribution in [0.25, 0.3) is 0 Å². The second-order valence-electron chi connectivity index (χ2n) is 4.40. The number of aromatic nitrogens is 1. The molecule has 0 bridgehead atoms. The summed E-state index contributed by atoms with van der Waals surface area (Å²) in [5, 5.41) is 0. The Balaban J connectivity index is 2.25. The third-order valence-corrected chi connectivity index (χ3v) is 4.01. The number of nitrogens with two attached hydrogens (primary N) is 1. The summed E-state index contributed by atoms with van der Waals surface area (Å²) < 4.78 is 15.0. The van der Waals surface area contributed by atoms with Crippen molar-refractivity contribution in [2.75, 3.05) is 0 Å². The molecule has 2 aromatic rings. The van der Waals surface area contributed by atoms with E-state index in [1.165, 1.54) is 12.1 Å². The Morgan fingerprint density at radius 2 is 2.05 bits per heavy atom. The Labute approximate surface area is 128 Å². The molecule has 2 N–H and O–H groups in total. The van der Waals surface area contributed by atoms with Gasteiger partial charge in [-0.15, -0.1) is 0 Å². The van der Waals surface area contributed by atoms with Crippen molar-refractivity contribution < 1.29 is 4.39 Å². The standard InChI is InChI=1S/C14H13Br2FN2/c1-8-2-3-11(17)4-9(8)5-13(18)14-12(16)6-10(15)7-19-14/h2-4,6-7,13H,5,18H2,1H3. The summed E-state index contributed by atoms with van der Waals surface area (Å²) in [5.41, 5.74) is 8.88. The van der Waals surface area contributed by atoms with E-state index in [4.69, 9.17) is 5.73 Å². The van der Waals surface area contributed by atoms with Crippen LogP contribution < -0.4 is 5.73 Å². The Morgan fingerprint density at radius 3 is 2.74 bits per heavy atom. The highest BCUT2D eigenvalue weighted by molar-refractivity contribution is 9.11. The molecule has 1 heterocycles. The molecule has 5 heteroatoms. The first-order valence-electron chi connectivity index (χ1n) is 5.79. The maximum atomic E-state index is 13.3. The summed E-state index contributed by atoms with van der Waals surface area (Å²) >= 11 is 6.80. The number of hydrogen-bond donors (Lipinski definition) is 1. The maximum absolute atomic E-state index is 13.3. The van der Waals surface area contributed by atoms with E-state index in [9.17, 15) is 4.39 Å². The van der Waals surface area contributed by atoms with E-state index >= 15 is 0 Å². The van der Waals surface area contributed by atoms with E-state index in [1.807, 2.05) is 13.0 Å². The number of nitrogens with zero attached hydrogens (tertiary/aromatic N) is 1. The summed E-state index contributed by atoms with van der Waals surface area (Å²) in [5.74, 6) is -0.240. The van der Waals surface area contributed by atoms with E-state index in [-0.39, 0.29) is 11.9 Å². The zero-order valence-corrected chi connectivity index (χ0v) is 13.5. The minimum Gasteiger partial charge on any atom is -0.322 e. The minimum atomic E-state index is -0.275. The SMILES string of the molecule is Cc1ccc(F)cc1CC(N)c1ncc(Br)cc1Br. The van der Waals surface area contributed by atoms with Crippen LogP contribution >= 0.6 is 31.9 Å². The van der Waals surface area contributed by atoms with Gasteiger partial charge in [-0.25, -0.2) is 4.39 Å². The van der Waals surface area contributed by atoms with E-state index in [0.29, 0.717) is 6.42 Å². The summed E-state index contributed by atoms with van der Waals surface area (Å²) in [6.45, 7) is 1.95. The van der Waals surface area contributed by atoms with E-state index in [2.05, 4.69) is 36.8 Å². The van der Waals surface area contributed by atoms with Gasteiger partial charge in [-0.2, -0.15) is 0 Å². The van der Waals surface area contributed by atoms with Crippen molar-refractivity contribution in [3.63, 3.8) is 0 Å². The average Bonchev–Trinajstić information content (AvgIpc) is 2.33. The van der Waals surface area contributed by atoms with Crippen molar-refractivity contribution in [2.45, 2.75) is 19.4 Å². The summed E-state index contributed by atoms with van der Waals surface area (Å²) in [4.78, 5) is 4.31. The monoisotopic (exact) mass is 386 g/mol. The third-order valence-electron chi connectivity index (χ3n) is 2.94. The fraction of sp³-hybridized carbons (Fsp3) is 0.214. The van der Waals surface area contributed by atoms with Crippen molar-refractivity contribution in [1.29, 1.82) is 0 Å². The van der Waals surface area contributed by atoms with Gasteiger partial charge in [-0.3, -0.25) is 4.98 Å². The summed E-state index contributed by atoms with van der Waals surface area (Å²) in [6, 6.07) is 6.38.